The maximum Gasteiger partial charge on any atom is 0.309 e. The highest BCUT2D eigenvalue weighted by molar-refractivity contribution is 5.70. The molecule has 2 aromatic rings. The van der Waals surface area contributed by atoms with Gasteiger partial charge in [-0.1, -0.05) is 19.4 Å². The minimum Gasteiger partial charge on any atom is -0.481 e. The van der Waals surface area contributed by atoms with E-state index >= 15 is 0 Å². The molecule has 0 aliphatic carbocycles. The number of carbonyl (C=O) groups is 1. The molecule has 0 saturated carbocycles. The van der Waals surface area contributed by atoms with Gasteiger partial charge in [0.2, 0.25) is 0 Å². The molecule has 0 amide bonds. The second-order valence-electron chi connectivity index (χ2n) is 6.03. The smallest absolute Gasteiger partial charge is 0.309 e. The summed E-state index contributed by atoms with van der Waals surface area (Å²) in [6.45, 7) is 4.10. The van der Waals surface area contributed by atoms with Crippen LogP contribution in [0.1, 0.15) is 44.0 Å². The lowest BCUT2D eigenvalue weighted by molar-refractivity contribution is -0.136. The molecule has 0 bridgehead atoms. The minimum absolute atomic E-state index is 0.0123. The third-order valence-corrected chi connectivity index (χ3v) is 4.60. The number of hydrogen-bond donors (Lipinski definition) is 1. The van der Waals surface area contributed by atoms with E-state index in [1.54, 1.807) is 0 Å². The topological polar surface area (TPSA) is 57.8 Å². The maximum atomic E-state index is 11.1. The van der Waals surface area contributed by atoms with Crippen LogP contribution in [0.3, 0.4) is 0 Å². The molecule has 118 valence electrons. The number of aromatic nitrogens is 2. The Morgan fingerprint density at radius 2 is 2.27 bits per heavy atom. The van der Waals surface area contributed by atoms with Gasteiger partial charge in [-0.15, -0.1) is 0 Å². The van der Waals surface area contributed by atoms with Crippen LogP contribution in [0.4, 0.5) is 0 Å². The summed E-state index contributed by atoms with van der Waals surface area (Å²) in [5.74, 6) is -0.824. The van der Waals surface area contributed by atoms with Crippen LogP contribution < -0.4 is 0 Å². The van der Waals surface area contributed by atoms with Gasteiger partial charge in [0.05, 0.1) is 17.8 Å². The molecule has 1 fully saturated rings. The molecule has 1 aliphatic rings. The van der Waals surface area contributed by atoms with E-state index in [4.69, 9.17) is 5.11 Å². The molecule has 1 unspecified atom stereocenters. The summed E-state index contributed by atoms with van der Waals surface area (Å²) in [7, 11) is 0. The first kappa shape index (κ1) is 15.0. The van der Waals surface area contributed by atoms with Crippen LogP contribution in [-0.4, -0.2) is 37.9 Å². The van der Waals surface area contributed by atoms with Crippen LogP contribution >= 0.6 is 0 Å². The predicted octanol–water partition coefficient (Wildman–Crippen LogP) is 2.73. The Balaban J connectivity index is 1.95. The second-order valence-corrected chi connectivity index (χ2v) is 6.03. The zero-order valence-corrected chi connectivity index (χ0v) is 13.0. The Bertz CT molecular complexity index is 665. The Morgan fingerprint density at radius 3 is 3.05 bits per heavy atom. The lowest BCUT2D eigenvalue weighted by Crippen LogP contribution is -2.39. The van der Waals surface area contributed by atoms with E-state index in [0.29, 0.717) is 11.7 Å². The average molecular weight is 301 g/mol. The summed E-state index contributed by atoms with van der Waals surface area (Å²) in [5.41, 5.74) is 2.55. The van der Waals surface area contributed by atoms with Crippen molar-refractivity contribution in [2.24, 2.45) is 0 Å². The van der Waals surface area contributed by atoms with Gasteiger partial charge in [0.25, 0.3) is 0 Å². The van der Waals surface area contributed by atoms with Crippen molar-refractivity contribution >= 4 is 11.6 Å². The van der Waals surface area contributed by atoms with Gasteiger partial charge in [0.15, 0.2) is 0 Å². The molecule has 1 aliphatic heterocycles. The summed E-state index contributed by atoms with van der Waals surface area (Å²) in [6, 6.07) is 6.44. The highest BCUT2D eigenvalue weighted by Gasteiger charge is 2.24. The highest BCUT2D eigenvalue weighted by atomic mass is 16.4. The van der Waals surface area contributed by atoms with Crippen molar-refractivity contribution in [1.29, 1.82) is 0 Å². The zero-order valence-electron chi connectivity index (χ0n) is 13.0. The fourth-order valence-corrected chi connectivity index (χ4v) is 3.47. The molecule has 0 radical (unpaired) electrons. The van der Waals surface area contributed by atoms with Crippen molar-refractivity contribution < 1.29 is 9.90 Å². The van der Waals surface area contributed by atoms with E-state index < -0.39 is 5.97 Å². The largest absolute Gasteiger partial charge is 0.481 e. The highest BCUT2D eigenvalue weighted by Crippen LogP contribution is 2.24. The number of rotatable bonds is 5. The normalized spacial score (nSPS) is 19.6. The quantitative estimate of drug-likeness (QED) is 0.922. The first-order chi connectivity index (χ1) is 10.7. The van der Waals surface area contributed by atoms with E-state index in [1.807, 2.05) is 28.8 Å². The Hall–Kier alpha value is -1.88. The molecular weight excluding hydrogens is 278 g/mol. The molecule has 0 spiro atoms. The summed E-state index contributed by atoms with van der Waals surface area (Å²) in [5, 5.41) is 9.16. The van der Waals surface area contributed by atoms with Crippen molar-refractivity contribution in [1.82, 2.24) is 14.3 Å². The molecule has 3 heterocycles. The SMILES string of the molecule is CCC1CCCCN1Cc1c(CC(=O)O)nc2ccccn12. The summed E-state index contributed by atoms with van der Waals surface area (Å²) >= 11 is 0. The first-order valence-corrected chi connectivity index (χ1v) is 8.09. The fourth-order valence-electron chi connectivity index (χ4n) is 3.47. The molecule has 0 aromatic carbocycles. The number of carboxylic acids is 1. The molecule has 5 nitrogen and oxygen atoms in total. The van der Waals surface area contributed by atoms with Crippen molar-refractivity contribution in [3.05, 3.63) is 35.8 Å². The number of imidazole rings is 1. The fraction of sp³-hybridized carbons (Fsp3) is 0.529. The van der Waals surface area contributed by atoms with Crippen LogP contribution in [0.25, 0.3) is 5.65 Å². The van der Waals surface area contributed by atoms with Gasteiger partial charge < -0.3 is 9.51 Å². The van der Waals surface area contributed by atoms with Gasteiger partial charge in [0.1, 0.15) is 5.65 Å². The van der Waals surface area contributed by atoms with E-state index in [1.165, 1.54) is 19.3 Å². The summed E-state index contributed by atoms with van der Waals surface area (Å²) < 4.78 is 2.04. The van der Waals surface area contributed by atoms with Crippen molar-refractivity contribution in [3.8, 4) is 0 Å². The van der Waals surface area contributed by atoms with Gasteiger partial charge in [0, 0.05) is 18.8 Å². The van der Waals surface area contributed by atoms with Crippen LogP contribution in [0.5, 0.6) is 0 Å². The van der Waals surface area contributed by atoms with Gasteiger partial charge in [-0.05, 0) is 37.9 Å². The molecule has 1 atom stereocenters. The van der Waals surface area contributed by atoms with Crippen LogP contribution in [0.2, 0.25) is 0 Å². The van der Waals surface area contributed by atoms with E-state index in [2.05, 4.69) is 16.8 Å². The van der Waals surface area contributed by atoms with Gasteiger partial charge in [-0.2, -0.15) is 0 Å². The number of piperidine rings is 1. The van der Waals surface area contributed by atoms with E-state index in [-0.39, 0.29) is 6.42 Å². The number of likely N-dealkylation sites (tertiary alicyclic amines) is 1. The number of pyridine rings is 1. The van der Waals surface area contributed by atoms with Gasteiger partial charge in [-0.3, -0.25) is 9.69 Å². The number of aliphatic carboxylic acids is 1. The number of carboxylic acid groups (broad SMARTS) is 1. The Labute approximate surface area is 130 Å². The molecular formula is C17H23N3O2. The molecule has 2 aromatic heterocycles. The lowest BCUT2D eigenvalue weighted by atomic mass is 9.99. The van der Waals surface area contributed by atoms with Crippen molar-refractivity contribution in [2.45, 2.75) is 51.6 Å². The van der Waals surface area contributed by atoms with Crippen molar-refractivity contribution in [3.63, 3.8) is 0 Å². The van der Waals surface area contributed by atoms with Gasteiger partial charge in [-0.25, -0.2) is 4.98 Å². The number of fused-ring (bicyclic) bond motifs is 1. The standard InChI is InChI=1S/C17H23N3O2/c1-2-13-7-3-5-9-19(13)12-15-14(11-17(21)22)18-16-8-4-6-10-20(15)16/h4,6,8,10,13H,2-3,5,7,9,11-12H2,1H3,(H,21,22). The Kier molecular flexibility index (Phi) is 4.43. The van der Waals surface area contributed by atoms with Crippen LogP contribution in [0.15, 0.2) is 24.4 Å². The molecule has 1 N–H and O–H groups in total. The first-order valence-electron chi connectivity index (χ1n) is 8.09. The molecule has 22 heavy (non-hydrogen) atoms. The summed E-state index contributed by atoms with van der Waals surface area (Å²) in [6.07, 6.45) is 6.87. The summed E-state index contributed by atoms with van der Waals surface area (Å²) in [4.78, 5) is 18.2. The predicted molar refractivity (Wildman–Crippen MR) is 84.9 cm³/mol. The zero-order chi connectivity index (χ0) is 15.5. The molecule has 5 heteroatoms. The van der Waals surface area contributed by atoms with E-state index in [0.717, 1.165) is 30.9 Å². The van der Waals surface area contributed by atoms with Gasteiger partial charge >= 0.3 is 5.97 Å². The third kappa shape index (κ3) is 2.99. The van der Waals surface area contributed by atoms with Crippen molar-refractivity contribution in [2.75, 3.05) is 6.54 Å². The number of nitrogens with zero attached hydrogens (tertiary/aromatic N) is 3. The monoisotopic (exact) mass is 301 g/mol. The lowest BCUT2D eigenvalue weighted by Gasteiger charge is -2.35. The number of hydrogen-bond acceptors (Lipinski definition) is 3. The maximum absolute atomic E-state index is 11.1. The average Bonchev–Trinajstić information content (AvgIpc) is 2.85. The minimum atomic E-state index is -0.824. The second kappa shape index (κ2) is 6.48. The van der Waals surface area contributed by atoms with Crippen LogP contribution in [-0.2, 0) is 17.8 Å². The Morgan fingerprint density at radius 1 is 1.41 bits per heavy atom. The molecule has 1 saturated heterocycles. The molecule has 3 rings (SSSR count). The van der Waals surface area contributed by atoms with Crippen LogP contribution in [0, 0.1) is 0 Å². The van der Waals surface area contributed by atoms with E-state index in [9.17, 15) is 4.79 Å². The third-order valence-electron chi connectivity index (χ3n) is 4.60.